The molecule has 7 nitrogen and oxygen atoms in total. The number of likely N-dealkylation sites (N-methyl/N-ethyl adjacent to an activating group) is 1. The third kappa shape index (κ3) is 3.93. The minimum Gasteiger partial charge on any atom is -0.374 e. The summed E-state index contributed by atoms with van der Waals surface area (Å²) in [5.74, 6) is 1.19. The summed E-state index contributed by atoms with van der Waals surface area (Å²) in [5.41, 5.74) is 0. The van der Waals surface area contributed by atoms with Gasteiger partial charge in [0.15, 0.2) is 0 Å². The quantitative estimate of drug-likeness (QED) is 0.884. The summed E-state index contributed by atoms with van der Waals surface area (Å²) >= 11 is 6.00. The molecule has 2 saturated heterocycles. The molecule has 116 valence electrons. The zero-order valence-electron chi connectivity index (χ0n) is 12.3. The zero-order valence-corrected chi connectivity index (χ0v) is 13.0. The van der Waals surface area contributed by atoms with Crippen molar-refractivity contribution >= 4 is 23.5 Å². The van der Waals surface area contributed by atoms with Gasteiger partial charge in [-0.15, -0.1) is 0 Å². The van der Waals surface area contributed by atoms with Gasteiger partial charge in [-0.3, -0.25) is 0 Å². The number of nitrogens with one attached hydrogen (secondary N) is 1. The fraction of sp³-hybridized carbons (Fsp3) is 0.769. The molecule has 0 aromatic carbocycles. The highest BCUT2D eigenvalue weighted by Crippen LogP contribution is 2.18. The zero-order chi connectivity index (χ0) is 14.7. The molecule has 0 spiro atoms. The third-order valence-corrected chi connectivity index (χ3v) is 3.98. The number of ether oxygens (including phenoxy) is 1. The van der Waals surface area contributed by atoms with Gasteiger partial charge >= 0.3 is 0 Å². The first-order chi connectivity index (χ1) is 10.2. The summed E-state index contributed by atoms with van der Waals surface area (Å²) in [4.78, 5) is 17.2. The van der Waals surface area contributed by atoms with Crippen LogP contribution >= 0.6 is 11.6 Å². The Balaban J connectivity index is 1.62. The van der Waals surface area contributed by atoms with Crippen LogP contribution in [0.15, 0.2) is 0 Å². The standard InChI is InChI=1S/C13H21ClN6O/c1-19-6-7-21-10(9-19)8-15-12-16-11(14)17-13(18-12)20-4-2-3-5-20/h10H,2-9H2,1H3,(H,15,16,17,18). The third-order valence-electron chi connectivity index (χ3n) is 3.81. The van der Waals surface area contributed by atoms with Crippen LogP contribution < -0.4 is 10.2 Å². The number of halogens is 1. The highest BCUT2D eigenvalue weighted by Gasteiger charge is 2.19. The maximum absolute atomic E-state index is 6.00. The molecular weight excluding hydrogens is 292 g/mol. The molecule has 0 amide bonds. The molecule has 21 heavy (non-hydrogen) atoms. The van der Waals surface area contributed by atoms with E-state index < -0.39 is 0 Å². The van der Waals surface area contributed by atoms with Gasteiger partial charge in [-0.25, -0.2) is 0 Å². The van der Waals surface area contributed by atoms with Crippen molar-refractivity contribution < 1.29 is 4.74 Å². The molecule has 2 aliphatic rings. The van der Waals surface area contributed by atoms with Gasteiger partial charge in [0.05, 0.1) is 12.7 Å². The number of anilines is 2. The van der Waals surface area contributed by atoms with Crippen LogP contribution in [0, 0.1) is 0 Å². The first kappa shape index (κ1) is 14.7. The van der Waals surface area contributed by atoms with E-state index in [2.05, 4.69) is 37.1 Å². The van der Waals surface area contributed by atoms with Gasteiger partial charge in [0, 0.05) is 32.7 Å². The number of nitrogens with zero attached hydrogens (tertiary/aromatic N) is 5. The molecule has 0 aliphatic carbocycles. The molecular formula is C13H21ClN6O. The maximum Gasteiger partial charge on any atom is 0.231 e. The smallest absolute Gasteiger partial charge is 0.231 e. The topological polar surface area (TPSA) is 66.4 Å². The second-order valence-electron chi connectivity index (χ2n) is 5.56. The monoisotopic (exact) mass is 312 g/mol. The van der Waals surface area contributed by atoms with Crippen LogP contribution in [-0.2, 0) is 4.74 Å². The average Bonchev–Trinajstić information content (AvgIpc) is 2.99. The summed E-state index contributed by atoms with van der Waals surface area (Å²) in [5, 5.41) is 3.45. The van der Waals surface area contributed by atoms with Crippen molar-refractivity contribution in [1.82, 2.24) is 19.9 Å². The molecule has 1 unspecified atom stereocenters. The second kappa shape index (κ2) is 6.72. The van der Waals surface area contributed by atoms with Gasteiger partial charge < -0.3 is 19.9 Å². The molecule has 2 aliphatic heterocycles. The normalized spacial score (nSPS) is 23.5. The Morgan fingerprint density at radius 3 is 2.81 bits per heavy atom. The van der Waals surface area contributed by atoms with E-state index >= 15 is 0 Å². The number of rotatable bonds is 4. The van der Waals surface area contributed by atoms with E-state index in [0.29, 0.717) is 18.4 Å². The SMILES string of the molecule is CN1CCOC(CNc2nc(Cl)nc(N3CCCC3)n2)C1. The Morgan fingerprint density at radius 1 is 1.24 bits per heavy atom. The molecule has 0 radical (unpaired) electrons. The lowest BCUT2D eigenvalue weighted by atomic mass is 10.3. The van der Waals surface area contributed by atoms with Crippen molar-refractivity contribution in [3.05, 3.63) is 5.28 Å². The molecule has 0 bridgehead atoms. The van der Waals surface area contributed by atoms with Crippen LogP contribution in [0.5, 0.6) is 0 Å². The number of morpholine rings is 1. The molecule has 3 rings (SSSR count). The van der Waals surface area contributed by atoms with E-state index in [0.717, 1.165) is 32.8 Å². The summed E-state index contributed by atoms with van der Waals surface area (Å²) in [6, 6.07) is 0. The van der Waals surface area contributed by atoms with Crippen molar-refractivity contribution in [2.45, 2.75) is 18.9 Å². The predicted molar refractivity (Wildman–Crippen MR) is 82.0 cm³/mol. The number of hydrogen-bond donors (Lipinski definition) is 1. The van der Waals surface area contributed by atoms with E-state index in [1.807, 2.05) is 0 Å². The summed E-state index contributed by atoms with van der Waals surface area (Å²) < 4.78 is 5.71. The van der Waals surface area contributed by atoms with Crippen molar-refractivity contribution in [1.29, 1.82) is 0 Å². The lowest BCUT2D eigenvalue weighted by Gasteiger charge is -2.30. The lowest BCUT2D eigenvalue weighted by Crippen LogP contribution is -2.43. The Hall–Kier alpha value is -1.18. The minimum atomic E-state index is 0.148. The maximum atomic E-state index is 6.00. The number of hydrogen-bond acceptors (Lipinski definition) is 7. The van der Waals surface area contributed by atoms with Gasteiger partial charge in [0.2, 0.25) is 17.2 Å². The molecule has 1 atom stereocenters. The van der Waals surface area contributed by atoms with Crippen LogP contribution in [0.2, 0.25) is 5.28 Å². The van der Waals surface area contributed by atoms with Crippen molar-refractivity contribution in [3.8, 4) is 0 Å². The molecule has 8 heteroatoms. The minimum absolute atomic E-state index is 0.148. The Bertz CT molecular complexity index is 482. The van der Waals surface area contributed by atoms with Gasteiger partial charge in [-0.1, -0.05) is 0 Å². The molecule has 3 heterocycles. The van der Waals surface area contributed by atoms with Crippen LogP contribution in [0.25, 0.3) is 0 Å². The van der Waals surface area contributed by atoms with Gasteiger partial charge in [0.1, 0.15) is 0 Å². The van der Waals surface area contributed by atoms with Crippen LogP contribution in [-0.4, -0.2) is 72.3 Å². The van der Waals surface area contributed by atoms with Gasteiger partial charge in [0.25, 0.3) is 0 Å². The first-order valence-corrected chi connectivity index (χ1v) is 7.79. The molecule has 1 aromatic heterocycles. The highest BCUT2D eigenvalue weighted by molar-refractivity contribution is 6.28. The van der Waals surface area contributed by atoms with E-state index in [4.69, 9.17) is 16.3 Å². The van der Waals surface area contributed by atoms with Crippen molar-refractivity contribution in [2.24, 2.45) is 0 Å². The van der Waals surface area contributed by atoms with Gasteiger partial charge in [-0.2, -0.15) is 15.0 Å². The second-order valence-corrected chi connectivity index (χ2v) is 5.90. The van der Waals surface area contributed by atoms with Crippen molar-refractivity contribution in [3.63, 3.8) is 0 Å². The fourth-order valence-corrected chi connectivity index (χ4v) is 2.83. The predicted octanol–water partition coefficient (Wildman–Crippen LogP) is 0.868. The van der Waals surface area contributed by atoms with Gasteiger partial charge in [-0.05, 0) is 31.5 Å². The van der Waals surface area contributed by atoms with E-state index in [9.17, 15) is 0 Å². The lowest BCUT2D eigenvalue weighted by molar-refractivity contribution is -0.0118. The van der Waals surface area contributed by atoms with Crippen LogP contribution in [0.1, 0.15) is 12.8 Å². The van der Waals surface area contributed by atoms with Crippen LogP contribution in [0.4, 0.5) is 11.9 Å². The van der Waals surface area contributed by atoms with E-state index in [1.165, 1.54) is 12.8 Å². The molecule has 1 aromatic rings. The molecule has 1 N–H and O–H groups in total. The highest BCUT2D eigenvalue weighted by atomic mass is 35.5. The summed E-state index contributed by atoms with van der Waals surface area (Å²) in [6.07, 6.45) is 2.50. The van der Waals surface area contributed by atoms with E-state index in [1.54, 1.807) is 0 Å². The Kier molecular flexibility index (Phi) is 4.72. The molecule has 2 fully saturated rings. The largest absolute Gasteiger partial charge is 0.374 e. The average molecular weight is 313 g/mol. The summed E-state index contributed by atoms with van der Waals surface area (Å²) in [6.45, 7) is 5.29. The van der Waals surface area contributed by atoms with E-state index in [-0.39, 0.29) is 11.4 Å². The Labute approximate surface area is 129 Å². The summed E-state index contributed by atoms with van der Waals surface area (Å²) in [7, 11) is 2.10. The molecule has 0 saturated carbocycles. The Morgan fingerprint density at radius 2 is 2.05 bits per heavy atom. The van der Waals surface area contributed by atoms with Crippen LogP contribution in [0.3, 0.4) is 0 Å². The first-order valence-electron chi connectivity index (χ1n) is 7.41. The fourth-order valence-electron chi connectivity index (χ4n) is 2.67. The van der Waals surface area contributed by atoms with Crippen molar-refractivity contribution in [2.75, 3.05) is 56.6 Å². The number of aromatic nitrogens is 3.